The highest BCUT2D eigenvalue weighted by Crippen LogP contribution is 2.11. The lowest BCUT2D eigenvalue weighted by molar-refractivity contribution is -0.146. The van der Waals surface area contributed by atoms with Crippen LogP contribution < -0.4 is 10.6 Å². The number of aryl methyl sites for hydroxylation is 1. The third-order valence-corrected chi connectivity index (χ3v) is 3.89. The molecule has 1 aromatic heterocycles. The molecule has 1 heterocycles. The van der Waals surface area contributed by atoms with E-state index in [1.165, 1.54) is 6.92 Å². The number of carbonyl (C=O) groups excluding carboxylic acids is 2. The normalized spacial score (nSPS) is 13.2. The minimum Gasteiger partial charge on any atom is -0.480 e. The molecule has 0 fully saturated rings. The van der Waals surface area contributed by atoms with Crippen LogP contribution in [0, 0.1) is 6.92 Å². The van der Waals surface area contributed by atoms with E-state index in [4.69, 9.17) is 9.63 Å². The average Bonchev–Trinajstić information content (AvgIpc) is 2.83. The van der Waals surface area contributed by atoms with E-state index in [1.807, 2.05) is 0 Å². The van der Waals surface area contributed by atoms with Crippen LogP contribution in [0.25, 0.3) is 0 Å². The number of amides is 2. The van der Waals surface area contributed by atoms with Crippen LogP contribution in [0.4, 0.5) is 5.82 Å². The molecule has 122 valence electrons. The minimum absolute atomic E-state index is 0.00582. The van der Waals surface area contributed by atoms with Crippen molar-refractivity contribution >= 4 is 35.4 Å². The summed E-state index contributed by atoms with van der Waals surface area (Å²) in [5, 5.41) is 17.7. The summed E-state index contributed by atoms with van der Waals surface area (Å²) in [6.45, 7) is 4.82. The fourth-order valence-corrected chi connectivity index (χ4v) is 2.09. The maximum absolute atomic E-state index is 11.7. The van der Waals surface area contributed by atoms with Crippen molar-refractivity contribution in [1.82, 2.24) is 10.5 Å². The van der Waals surface area contributed by atoms with Crippen molar-refractivity contribution in [2.45, 2.75) is 32.7 Å². The zero-order valence-electron chi connectivity index (χ0n) is 12.6. The Bertz CT molecular complexity index is 560. The van der Waals surface area contributed by atoms with E-state index >= 15 is 0 Å². The smallest absolute Gasteiger partial charge is 0.329 e. The van der Waals surface area contributed by atoms with E-state index < -0.39 is 17.4 Å². The van der Waals surface area contributed by atoms with Gasteiger partial charge in [-0.1, -0.05) is 12.1 Å². The van der Waals surface area contributed by atoms with Gasteiger partial charge in [0, 0.05) is 6.07 Å². The van der Waals surface area contributed by atoms with Gasteiger partial charge in [0.2, 0.25) is 11.8 Å². The maximum atomic E-state index is 11.7. The highest BCUT2D eigenvalue weighted by Gasteiger charge is 2.32. The Morgan fingerprint density at radius 1 is 1.36 bits per heavy atom. The number of rotatable bonds is 8. The van der Waals surface area contributed by atoms with Crippen LogP contribution in [0.5, 0.6) is 0 Å². The predicted molar refractivity (Wildman–Crippen MR) is 81.7 cm³/mol. The van der Waals surface area contributed by atoms with Crippen molar-refractivity contribution in [1.29, 1.82) is 0 Å². The molecule has 0 spiro atoms. The van der Waals surface area contributed by atoms with Gasteiger partial charge in [0.15, 0.2) is 5.82 Å². The van der Waals surface area contributed by atoms with Crippen LogP contribution in [0.1, 0.15) is 26.0 Å². The summed E-state index contributed by atoms with van der Waals surface area (Å²) < 4.78 is 4.81. The fraction of sp³-hybridized carbons (Fsp3) is 0.538. The first kappa shape index (κ1) is 18.0. The van der Waals surface area contributed by atoms with E-state index in [1.54, 1.807) is 19.9 Å². The zero-order chi connectivity index (χ0) is 16.8. The molecular weight excluding hydrogens is 310 g/mol. The van der Waals surface area contributed by atoms with Gasteiger partial charge in [-0.3, -0.25) is 9.59 Å². The van der Waals surface area contributed by atoms with Crippen molar-refractivity contribution in [3.05, 3.63) is 11.8 Å². The Morgan fingerprint density at radius 3 is 2.50 bits per heavy atom. The number of thioether (sulfide) groups is 1. The molecule has 0 bridgehead atoms. The number of hydrogen-bond acceptors (Lipinski definition) is 6. The topological polar surface area (TPSA) is 122 Å². The number of hydrogen-bond donors (Lipinski definition) is 3. The van der Waals surface area contributed by atoms with Gasteiger partial charge in [-0.15, -0.1) is 11.8 Å². The zero-order valence-corrected chi connectivity index (χ0v) is 13.5. The Kier molecular flexibility index (Phi) is 6.41. The second kappa shape index (κ2) is 7.83. The van der Waals surface area contributed by atoms with Gasteiger partial charge in [0.25, 0.3) is 0 Å². The van der Waals surface area contributed by atoms with E-state index in [0.29, 0.717) is 11.6 Å². The van der Waals surface area contributed by atoms with E-state index in [0.717, 1.165) is 11.8 Å². The fourth-order valence-electron chi connectivity index (χ4n) is 1.48. The second-order valence-electron chi connectivity index (χ2n) is 4.90. The number of anilines is 1. The molecule has 2 amide bonds. The number of carbonyl (C=O) groups is 3. The standard InChI is InChI=1S/C13H19N3O5S/c1-4-13(3,12(19)20)15-11(18)7-22-6-10(17)14-9-5-8(2)21-16-9/h5H,4,6-7H2,1-3H3,(H,15,18)(H,19,20)(H,14,16,17). The second-order valence-corrected chi connectivity index (χ2v) is 5.89. The van der Waals surface area contributed by atoms with Crippen LogP contribution in [0.3, 0.4) is 0 Å². The molecule has 9 heteroatoms. The van der Waals surface area contributed by atoms with Crippen molar-refractivity contribution in [2.75, 3.05) is 16.8 Å². The quantitative estimate of drug-likeness (QED) is 0.651. The van der Waals surface area contributed by atoms with Gasteiger partial charge in [-0.25, -0.2) is 4.79 Å². The molecule has 1 unspecified atom stereocenters. The number of aromatic nitrogens is 1. The number of aliphatic carboxylic acids is 1. The molecule has 0 aliphatic heterocycles. The lowest BCUT2D eigenvalue weighted by Crippen LogP contribution is -2.52. The molecule has 0 radical (unpaired) electrons. The monoisotopic (exact) mass is 329 g/mol. The van der Waals surface area contributed by atoms with Crippen molar-refractivity contribution in [3.63, 3.8) is 0 Å². The lowest BCUT2D eigenvalue weighted by Gasteiger charge is -2.24. The van der Waals surface area contributed by atoms with Gasteiger partial charge in [-0.2, -0.15) is 0 Å². The predicted octanol–water partition coefficient (Wildman–Crippen LogP) is 1.02. The molecule has 1 rings (SSSR count). The average molecular weight is 329 g/mol. The van der Waals surface area contributed by atoms with Crippen molar-refractivity contribution in [3.8, 4) is 0 Å². The first-order valence-electron chi connectivity index (χ1n) is 6.62. The Balaban J connectivity index is 2.33. The highest BCUT2D eigenvalue weighted by atomic mass is 32.2. The summed E-state index contributed by atoms with van der Waals surface area (Å²) in [7, 11) is 0. The number of carboxylic acids is 1. The third-order valence-electron chi connectivity index (χ3n) is 2.96. The van der Waals surface area contributed by atoms with Gasteiger partial charge in [0.05, 0.1) is 11.5 Å². The summed E-state index contributed by atoms with van der Waals surface area (Å²) in [5.41, 5.74) is -1.29. The molecule has 22 heavy (non-hydrogen) atoms. The Hall–Kier alpha value is -2.03. The maximum Gasteiger partial charge on any atom is 0.329 e. The molecule has 1 aromatic rings. The number of nitrogens with zero attached hydrogens (tertiary/aromatic N) is 1. The SMILES string of the molecule is CCC(C)(NC(=O)CSCC(=O)Nc1cc(C)on1)C(=O)O. The first-order valence-corrected chi connectivity index (χ1v) is 7.77. The molecule has 0 aromatic carbocycles. The van der Waals surface area contributed by atoms with Crippen LogP contribution in [0.2, 0.25) is 0 Å². The molecule has 0 aliphatic rings. The summed E-state index contributed by atoms with van der Waals surface area (Å²) in [6.07, 6.45) is 0.269. The molecule has 3 N–H and O–H groups in total. The minimum atomic E-state index is -1.29. The summed E-state index contributed by atoms with van der Waals surface area (Å²) in [4.78, 5) is 34.4. The van der Waals surface area contributed by atoms with Gasteiger partial charge < -0.3 is 20.3 Å². The lowest BCUT2D eigenvalue weighted by atomic mass is 9.99. The van der Waals surface area contributed by atoms with Gasteiger partial charge >= 0.3 is 5.97 Å². The van der Waals surface area contributed by atoms with Crippen LogP contribution in [0.15, 0.2) is 10.6 Å². The van der Waals surface area contributed by atoms with Gasteiger partial charge in [-0.05, 0) is 20.3 Å². The van der Waals surface area contributed by atoms with Crippen molar-refractivity contribution in [2.24, 2.45) is 0 Å². The molecule has 1 atom stereocenters. The van der Waals surface area contributed by atoms with Gasteiger partial charge in [0.1, 0.15) is 11.3 Å². The largest absolute Gasteiger partial charge is 0.480 e. The number of nitrogens with one attached hydrogen (secondary N) is 2. The van der Waals surface area contributed by atoms with Crippen LogP contribution in [-0.4, -0.2) is 45.1 Å². The first-order chi connectivity index (χ1) is 10.3. The molecule has 0 saturated carbocycles. The molecular formula is C13H19N3O5S. The molecule has 8 nitrogen and oxygen atoms in total. The Labute approximate surface area is 132 Å². The van der Waals surface area contributed by atoms with E-state index in [9.17, 15) is 14.4 Å². The summed E-state index contributed by atoms with van der Waals surface area (Å²) in [5.74, 6) is -0.896. The Morgan fingerprint density at radius 2 is 2.00 bits per heavy atom. The van der Waals surface area contributed by atoms with Crippen molar-refractivity contribution < 1.29 is 24.0 Å². The van der Waals surface area contributed by atoms with E-state index in [2.05, 4.69) is 15.8 Å². The third kappa shape index (κ3) is 5.40. The number of carboxylic acid groups (broad SMARTS) is 1. The van der Waals surface area contributed by atoms with E-state index in [-0.39, 0.29) is 23.8 Å². The van der Waals surface area contributed by atoms with Crippen LogP contribution in [-0.2, 0) is 14.4 Å². The summed E-state index contributed by atoms with van der Waals surface area (Å²) in [6, 6.07) is 1.58. The van der Waals surface area contributed by atoms with Crippen LogP contribution >= 0.6 is 11.8 Å². The summed E-state index contributed by atoms with van der Waals surface area (Å²) >= 11 is 1.08. The molecule has 0 aliphatic carbocycles. The molecule has 0 saturated heterocycles. The highest BCUT2D eigenvalue weighted by molar-refractivity contribution is 8.00.